The summed E-state index contributed by atoms with van der Waals surface area (Å²) >= 11 is 0. The first-order valence-corrected chi connectivity index (χ1v) is 7.54. The molecule has 0 bridgehead atoms. The fourth-order valence-electron chi connectivity index (χ4n) is 3.01. The highest BCUT2D eigenvalue weighted by molar-refractivity contribution is 5.81. The molecule has 2 aliphatic heterocycles. The molecule has 6 heteroatoms. The standard InChI is InChI=1S/C14H25N3O3/c15-14(13(19)20)6-9-16(11-14)10-12(18)17-7-4-2-1-3-5-8-17/h1-11,15H2,(H,19,20). The second-order valence-corrected chi connectivity index (χ2v) is 6.07. The van der Waals surface area contributed by atoms with E-state index in [1.807, 2.05) is 9.80 Å². The van der Waals surface area contributed by atoms with E-state index in [-0.39, 0.29) is 12.5 Å². The Kier molecular flexibility index (Phi) is 4.99. The average Bonchev–Trinajstić information content (AvgIpc) is 2.71. The molecular formula is C14H25N3O3. The van der Waals surface area contributed by atoms with Crippen molar-refractivity contribution in [3.05, 3.63) is 0 Å². The molecule has 1 unspecified atom stereocenters. The number of nitrogens with two attached hydrogens (primary N) is 1. The van der Waals surface area contributed by atoms with Crippen LogP contribution in [-0.4, -0.2) is 65.0 Å². The molecule has 0 radical (unpaired) electrons. The van der Waals surface area contributed by atoms with Crippen LogP contribution in [0.3, 0.4) is 0 Å². The second kappa shape index (κ2) is 6.54. The summed E-state index contributed by atoms with van der Waals surface area (Å²) in [4.78, 5) is 27.2. The highest BCUT2D eigenvalue weighted by atomic mass is 16.4. The van der Waals surface area contributed by atoms with Crippen molar-refractivity contribution in [2.24, 2.45) is 5.73 Å². The van der Waals surface area contributed by atoms with Crippen LogP contribution in [0.15, 0.2) is 0 Å². The Hall–Kier alpha value is -1.14. The Morgan fingerprint density at radius 3 is 2.20 bits per heavy atom. The zero-order valence-corrected chi connectivity index (χ0v) is 12.0. The zero-order valence-electron chi connectivity index (χ0n) is 12.0. The van der Waals surface area contributed by atoms with Crippen molar-refractivity contribution in [2.75, 3.05) is 32.7 Å². The Bertz CT molecular complexity index is 367. The van der Waals surface area contributed by atoms with Gasteiger partial charge in [0, 0.05) is 26.2 Å². The third-order valence-corrected chi connectivity index (χ3v) is 4.37. The molecule has 114 valence electrons. The van der Waals surface area contributed by atoms with E-state index in [0.717, 1.165) is 25.9 Å². The molecule has 2 heterocycles. The van der Waals surface area contributed by atoms with Crippen molar-refractivity contribution in [3.63, 3.8) is 0 Å². The van der Waals surface area contributed by atoms with Gasteiger partial charge in [0.05, 0.1) is 6.54 Å². The van der Waals surface area contributed by atoms with Gasteiger partial charge in [-0.2, -0.15) is 0 Å². The first-order valence-electron chi connectivity index (χ1n) is 7.54. The van der Waals surface area contributed by atoms with Crippen LogP contribution >= 0.6 is 0 Å². The van der Waals surface area contributed by atoms with Gasteiger partial charge in [-0.25, -0.2) is 0 Å². The molecule has 1 atom stereocenters. The fourth-order valence-corrected chi connectivity index (χ4v) is 3.01. The smallest absolute Gasteiger partial charge is 0.325 e. The molecule has 3 N–H and O–H groups in total. The first kappa shape index (κ1) is 15.3. The van der Waals surface area contributed by atoms with E-state index in [0.29, 0.717) is 19.5 Å². The minimum absolute atomic E-state index is 0.113. The SMILES string of the molecule is NC1(C(=O)O)CCN(CC(=O)N2CCCCCCC2)C1. The van der Waals surface area contributed by atoms with Crippen LogP contribution < -0.4 is 5.73 Å². The van der Waals surface area contributed by atoms with Gasteiger partial charge in [0.15, 0.2) is 0 Å². The molecule has 0 aromatic carbocycles. The van der Waals surface area contributed by atoms with Crippen LogP contribution in [0, 0.1) is 0 Å². The maximum Gasteiger partial charge on any atom is 0.325 e. The molecular weight excluding hydrogens is 258 g/mol. The molecule has 2 fully saturated rings. The lowest BCUT2D eigenvalue weighted by Gasteiger charge is -2.27. The van der Waals surface area contributed by atoms with E-state index in [9.17, 15) is 9.59 Å². The number of carboxylic acid groups (broad SMARTS) is 1. The topological polar surface area (TPSA) is 86.9 Å². The van der Waals surface area contributed by atoms with Gasteiger partial charge < -0.3 is 15.7 Å². The lowest BCUT2D eigenvalue weighted by atomic mass is 10.0. The number of amides is 1. The number of likely N-dealkylation sites (tertiary alicyclic amines) is 2. The third kappa shape index (κ3) is 3.70. The first-order chi connectivity index (χ1) is 9.51. The van der Waals surface area contributed by atoms with Gasteiger partial charge >= 0.3 is 5.97 Å². The van der Waals surface area contributed by atoms with Crippen molar-refractivity contribution in [3.8, 4) is 0 Å². The summed E-state index contributed by atoms with van der Waals surface area (Å²) in [6.07, 6.45) is 6.21. The summed E-state index contributed by atoms with van der Waals surface area (Å²) < 4.78 is 0. The molecule has 2 aliphatic rings. The summed E-state index contributed by atoms with van der Waals surface area (Å²) in [5.74, 6) is -0.861. The summed E-state index contributed by atoms with van der Waals surface area (Å²) in [5.41, 5.74) is 4.64. The van der Waals surface area contributed by atoms with Gasteiger partial charge in [0.2, 0.25) is 5.91 Å². The van der Waals surface area contributed by atoms with Gasteiger partial charge in [-0.15, -0.1) is 0 Å². The molecule has 0 aliphatic carbocycles. The number of nitrogens with zero attached hydrogens (tertiary/aromatic N) is 2. The van der Waals surface area contributed by atoms with Crippen molar-refractivity contribution in [1.29, 1.82) is 0 Å². The van der Waals surface area contributed by atoms with Crippen molar-refractivity contribution in [1.82, 2.24) is 9.80 Å². The molecule has 0 aromatic heterocycles. The summed E-state index contributed by atoms with van der Waals surface area (Å²) in [6, 6.07) is 0. The van der Waals surface area contributed by atoms with Crippen LogP contribution in [0.2, 0.25) is 0 Å². The number of carbonyl (C=O) groups is 2. The molecule has 1 amide bonds. The molecule has 0 spiro atoms. The van der Waals surface area contributed by atoms with Crippen LogP contribution in [-0.2, 0) is 9.59 Å². The second-order valence-electron chi connectivity index (χ2n) is 6.07. The highest BCUT2D eigenvalue weighted by Gasteiger charge is 2.41. The Morgan fingerprint density at radius 2 is 1.65 bits per heavy atom. The maximum atomic E-state index is 12.3. The van der Waals surface area contributed by atoms with E-state index in [1.54, 1.807) is 0 Å². The van der Waals surface area contributed by atoms with E-state index in [4.69, 9.17) is 10.8 Å². The number of carboxylic acids is 1. The molecule has 0 aromatic rings. The minimum atomic E-state index is -1.18. The molecule has 2 saturated heterocycles. The number of aliphatic carboxylic acids is 1. The van der Waals surface area contributed by atoms with Crippen LogP contribution in [0.4, 0.5) is 0 Å². The van der Waals surface area contributed by atoms with Crippen LogP contribution in [0.1, 0.15) is 38.5 Å². The fraction of sp³-hybridized carbons (Fsp3) is 0.857. The van der Waals surface area contributed by atoms with Gasteiger partial charge in [-0.1, -0.05) is 19.3 Å². The Balaban J connectivity index is 1.83. The monoisotopic (exact) mass is 283 g/mol. The highest BCUT2D eigenvalue weighted by Crippen LogP contribution is 2.19. The minimum Gasteiger partial charge on any atom is -0.480 e. The molecule has 20 heavy (non-hydrogen) atoms. The molecule has 2 rings (SSSR count). The zero-order chi connectivity index (χ0) is 14.6. The van der Waals surface area contributed by atoms with Crippen molar-refractivity contribution in [2.45, 2.75) is 44.1 Å². The van der Waals surface area contributed by atoms with Gasteiger partial charge in [-0.05, 0) is 19.3 Å². The lowest BCUT2D eigenvalue weighted by Crippen LogP contribution is -2.51. The normalized spacial score (nSPS) is 28.9. The number of rotatable bonds is 3. The number of hydrogen-bond acceptors (Lipinski definition) is 4. The predicted molar refractivity (Wildman–Crippen MR) is 75.3 cm³/mol. The Morgan fingerprint density at radius 1 is 1.05 bits per heavy atom. The number of hydrogen-bond donors (Lipinski definition) is 2. The largest absolute Gasteiger partial charge is 0.480 e. The lowest BCUT2D eigenvalue weighted by molar-refractivity contribution is -0.143. The van der Waals surface area contributed by atoms with Crippen LogP contribution in [0.25, 0.3) is 0 Å². The van der Waals surface area contributed by atoms with Crippen LogP contribution in [0.5, 0.6) is 0 Å². The summed E-state index contributed by atoms with van der Waals surface area (Å²) in [7, 11) is 0. The number of carbonyl (C=O) groups excluding carboxylic acids is 1. The summed E-state index contributed by atoms with van der Waals surface area (Å²) in [5, 5.41) is 9.09. The summed E-state index contributed by atoms with van der Waals surface area (Å²) in [6.45, 7) is 2.81. The van der Waals surface area contributed by atoms with Gasteiger partial charge in [-0.3, -0.25) is 14.5 Å². The van der Waals surface area contributed by atoms with E-state index in [2.05, 4.69) is 0 Å². The third-order valence-electron chi connectivity index (χ3n) is 4.37. The van der Waals surface area contributed by atoms with E-state index in [1.165, 1.54) is 19.3 Å². The predicted octanol–water partition coefficient (Wildman–Crippen LogP) is 0.267. The Labute approximate surface area is 119 Å². The average molecular weight is 283 g/mol. The van der Waals surface area contributed by atoms with Crippen molar-refractivity contribution >= 4 is 11.9 Å². The molecule has 6 nitrogen and oxygen atoms in total. The van der Waals surface area contributed by atoms with E-state index >= 15 is 0 Å². The quantitative estimate of drug-likeness (QED) is 0.776. The van der Waals surface area contributed by atoms with Gasteiger partial charge in [0.25, 0.3) is 0 Å². The van der Waals surface area contributed by atoms with Gasteiger partial charge in [0.1, 0.15) is 5.54 Å². The van der Waals surface area contributed by atoms with Crippen molar-refractivity contribution < 1.29 is 14.7 Å². The maximum absolute atomic E-state index is 12.3. The van der Waals surface area contributed by atoms with E-state index < -0.39 is 11.5 Å². The molecule has 0 saturated carbocycles.